The van der Waals surface area contributed by atoms with Crippen LogP contribution in [0.5, 0.6) is 0 Å². The van der Waals surface area contributed by atoms with E-state index in [-0.39, 0.29) is 18.7 Å². The Hall–Kier alpha value is -1.50. The predicted molar refractivity (Wildman–Crippen MR) is 68.7 cm³/mol. The summed E-state index contributed by atoms with van der Waals surface area (Å²) in [4.78, 5) is 16.2. The number of nitrogens with zero attached hydrogens (tertiary/aromatic N) is 4. The highest BCUT2D eigenvalue weighted by Gasteiger charge is 2.23. The van der Waals surface area contributed by atoms with Gasteiger partial charge in [-0.1, -0.05) is 11.4 Å². The number of imidazole rings is 1. The van der Waals surface area contributed by atoms with Crippen molar-refractivity contribution in [1.82, 2.24) is 14.5 Å². The van der Waals surface area contributed by atoms with E-state index in [0.717, 1.165) is 25.8 Å². The molecular formula is C12H19FN4O2. The first kappa shape index (κ1) is 13.9. The normalized spacial score (nSPS) is 20.6. The van der Waals surface area contributed by atoms with Gasteiger partial charge in [0.05, 0.1) is 13.2 Å². The van der Waals surface area contributed by atoms with Crippen LogP contribution in [0.2, 0.25) is 0 Å². The Kier molecular flexibility index (Phi) is 4.84. The molecule has 1 fully saturated rings. The van der Waals surface area contributed by atoms with Gasteiger partial charge >= 0.3 is 5.95 Å². The third-order valence-corrected chi connectivity index (χ3v) is 3.68. The molecular weight excluding hydrogens is 251 g/mol. The van der Waals surface area contributed by atoms with Crippen LogP contribution in [-0.2, 0) is 6.54 Å². The molecule has 106 valence electrons. The number of likely N-dealkylation sites (tertiary alicyclic amines) is 1. The number of aromatic nitrogens is 2. The van der Waals surface area contributed by atoms with Gasteiger partial charge in [0.25, 0.3) is 0 Å². The van der Waals surface area contributed by atoms with Gasteiger partial charge in [-0.25, -0.2) is 4.57 Å². The van der Waals surface area contributed by atoms with Gasteiger partial charge in [0.2, 0.25) is 0 Å². The second kappa shape index (κ2) is 6.60. The number of halogens is 1. The van der Waals surface area contributed by atoms with Gasteiger partial charge in [-0.15, -0.1) is 0 Å². The van der Waals surface area contributed by atoms with Gasteiger partial charge in [0.1, 0.15) is 12.4 Å². The summed E-state index contributed by atoms with van der Waals surface area (Å²) in [6.07, 6.45) is 6.91. The Balaban J connectivity index is 1.92. The van der Waals surface area contributed by atoms with Crippen molar-refractivity contribution < 1.29 is 9.31 Å². The van der Waals surface area contributed by atoms with Crippen molar-refractivity contribution in [3.8, 4) is 0 Å². The van der Waals surface area contributed by atoms with E-state index in [1.165, 1.54) is 6.20 Å². The molecule has 2 rings (SSSR count). The number of alkyl halides is 1. The van der Waals surface area contributed by atoms with Crippen LogP contribution in [0.25, 0.3) is 0 Å². The van der Waals surface area contributed by atoms with Crippen molar-refractivity contribution in [2.24, 2.45) is 0 Å². The predicted octanol–water partition coefficient (Wildman–Crippen LogP) is 2.01. The lowest BCUT2D eigenvalue weighted by atomic mass is 10.00. The van der Waals surface area contributed by atoms with E-state index >= 15 is 0 Å². The van der Waals surface area contributed by atoms with Crippen LogP contribution in [0.15, 0.2) is 12.4 Å². The van der Waals surface area contributed by atoms with Gasteiger partial charge in [-0.3, -0.25) is 9.29 Å². The average molecular weight is 270 g/mol. The Morgan fingerprint density at radius 1 is 1.47 bits per heavy atom. The second-order valence-corrected chi connectivity index (χ2v) is 4.84. The largest absolute Gasteiger partial charge is 0.434 e. The minimum Gasteiger partial charge on any atom is -0.390 e. The molecule has 2 heterocycles. The van der Waals surface area contributed by atoms with Crippen LogP contribution in [-0.4, -0.2) is 45.2 Å². The molecule has 0 N–H and O–H groups in total. The van der Waals surface area contributed by atoms with Gasteiger partial charge in [-0.2, -0.15) is 0 Å². The molecule has 0 spiro atoms. The first-order chi connectivity index (χ1) is 9.22. The minimum atomic E-state index is -0.477. The molecule has 19 heavy (non-hydrogen) atoms. The molecule has 1 aromatic rings. The van der Waals surface area contributed by atoms with E-state index in [9.17, 15) is 14.5 Å². The molecule has 1 aliphatic rings. The number of rotatable bonds is 6. The summed E-state index contributed by atoms with van der Waals surface area (Å²) < 4.78 is 14.0. The van der Waals surface area contributed by atoms with Crippen molar-refractivity contribution in [3.05, 3.63) is 22.5 Å². The smallest absolute Gasteiger partial charge is 0.390 e. The van der Waals surface area contributed by atoms with E-state index in [2.05, 4.69) is 9.88 Å². The summed E-state index contributed by atoms with van der Waals surface area (Å²) in [5.74, 6) is -0.126. The van der Waals surface area contributed by atoms with Gasteiger partial charge < -0.3 is 10.1 Å². The fraction of sp³-hybridized carbons (Fsp3) is 0.750. The number of nitro groups is 1. The van der Waals surface area contributed by atoms with Crippen molar-refractivity contribution in [2.45, 2.75) is 38.3 Å². The highest BCUT2D eigenvalue weighted by atomic mass is 19.1. The molecule has 0 amide bonds. The molecule has 7 heteroatoms. The molecule has 0 aromatic carbocycles. The minimum absolute atomic E-state index is 0.126. The summed E-state index contributed by atoms with van der Waals surface area (Å²) in [6, 6.07) is 0.279. The fourth-order valence-corrected chi connectivity index (χ4v) is 2.69. The molecule has 0 bridgehead atoms. The molecule has 1 aromatic heterocycles. The highest BCUT2D eigenvalue weighted by Crippen LogP contribution is 2.20. The Morgan fingerprint density at radius 3 is 3.05 bits per heavy atom. The average Bonchev–Trinajstić information content (AvgIpc) is 2.86. The SMILES string of the molecule is O=[N+]([O-])c1nccn1CCN1CCCCC1CCF. The van der Waals surface area contributed by atoms with E-state index in [1.54, 1.807) is 10.8 Å². The van der Waals surface area contributed by atoms with Crippen molar-refractivity contribution in [1.29, 1.82) is 0 Å². The van der Waals surface area contributed by atoms with Crippen molar-refractivity contribution in [2.75, 3.05) is 19.8 Å². The summed E-state index contributed by atoms with van der Waals surface area (Å²) >= 11 is 0. The maximum atomic E-state index is 12.5. The molecule has 1 saturated heterocycles. The van der Waals surface area contributed by atoms with Gasteiger partial charge in [-0.05, 0) is 30.7 Å². The van der Waals surface area contributed by atoms with Crippen LogP contribution in [0.3, 0.4) is 0 Å². The summed E-state index contributed by atoms with van der Waals surface area (Å²) in [6.45, 7) is 1.89. The molecule has 0 aliphatic carbocycles. The number of hydrogen-bond donors (Lipinski definition) is 0. The summed E-state index contributed by atoms with van der Waals surface area (Å²) in [7, 11) is 0. The first-order valence-corrected chi connectivity index (χ1v) is 6.68. The first-order valence-electron chi connectivity index (χ1n) is 6.68. The van der Waals surface area contributed by atoms with Crippen LogP contribution in [0.4, 0.5) is 10.3 Å². The lowest BCUT2D eigenvalue weighted by Gasteiger charge is -2.34. The molecule has 0 radical (unpaired) electrons. The van der Waals surface area contributed by atoms with E-state index in [0.29, 0.717) is 19.5 Å². The maximum Gasteiger partial charge on any atom is 0.434 e. The third kappa shape index (κ3) is 3.50. The molecule has 1 unspecified atom stereocenters. The fourth-order valence-electron chi connectivity index (χ4n) is 2.69. The topological polar surface area (TPSA) is 64.2 Å². The van der Waals surface area contributed by atoms with Crippen LogP contribution in [0.1, 0.15) is 25.7 Å². The Bertz CT molecular complexity index is 422. The zero-order valence-electron chi connectivity index (χ0n) is 10.9. The van der Waals surface area contributed by atoms with E-state index in [1.807, 2.05) is 0 Å². The molecule has 6 nitrogen and oxygen atoms in total. The van der Waals surface area contributed by atoms with Gasteiger partial charge in [0, 0.05) is 12.6 Å². The molecule has 1 atom stereocenters. The third-order valence-electron chi connectivity index (χ3n) is 3.68. The van der Waals surface area contributed by atoms with Gasteiger partial charge in [0.15, 0.2) is 0 Å². The Labute approximate surface area is 111 Å². The molecule has 1 aliphatic heterocycles. The quantitative estimate of drug-likeness (QED) is 0.586. The van der Waals surface area contributed by atoms with E-state index < -0.39 is 4.92 Å². The van der Waals surface area contributed by atoms with Crippen LogP contribution in [0, 0.1) is 10.1 Å². The standard InChI is InChI=1S/C12H19FN4O2/c13-5-4-11-3-1-2-7-15(11)9-10-16-8-6-14-12(16)17(18)19/h6,8,11H,1-5,7,9-10H2. The molecule has 0 saturated carbocycles. The highest BCUT2D eigenvalue weighted by molar-refractivity contribution is 5.06. The van der Waals surface area contributed by atoms with Crippen molar-refractivity contribution in [3.63, 3.8) is 0 Å². The maximum absolute atomic E-state index is 12.5. The summed E-state index contributed by atoms with van der Waals surface area (Å²) in [5, 5.41) is 10.8. The number of piperidine rings is 1. The monoisotopic (exact) mass is 270 g/mol. The van der Waals surface area contributed by atoms with Crippen LogP contribution < -0.4 is 0 Å². The number of hydrogen-bond acceptors (Lipinski definition) is 4. The summed E-state index contributed by atoms with van der Waals surface area (Å²) in [5.41, 5.74) is 0. The lowest BCUT2D eigenvalue weighted by molar-refractivity contribution is -0.396. The lowest BCUT2D eigenvalue weighted by Crippen LogP contribution is -2.41. The zero-order valence-corrected chi connectivity index (χ0v) is 10.9. The van der Waals surface area contributed by atoms with Crippen molar-refractivity contribution >= 4 is 5.95 Å². The Morgan fingerprint density at radius 2 is 2.32 bits per heavy atom. The van der Waals surface area contributed by atoms with Crippen LogP contribution >= 0.6 is 0 Å². The van der Waals surface area contributed by atoms with E-state index in [4.69, 9.17) is 0 Å². The zero-order chi connectivity index (χ0) is 13.7. The second-order valence-electron chi connectivity index (χ2n) is 4.84.